The molecule has 2 aliphatic heterocycles. The van der Waals surface area contributed by atoms with Gasteiger partial charge in [0.15, 0.2) is 17.6 Å². The number of piperidine rings is 1. The second kappa shape index (κ2) is 25.3. The standard InChI is InChI=1S/C47H66N6O14S2/c1-9-28(4)33(24-38(55)36-13-10-11-19-51(36)7)46(60)52(8)37(27(2)3)25-40(66-30(6)54)45-50-35(26-68-45)44(59)48-32(21-29(5)47(61)62)22-31-15-16-39(67-69(63,64)65)34(23-31)49-41(56)14-12-20-53-42(57)17-18-43(53)58/h15-18,23,26-29,32-33,36-37,40H,9-14,19-22,24-25H2,1-8H3,(H,48,59)(H,49,56)(H,61,62)(H,63,64,65)/t28-,29?,32+,33-,36?,37+,40+/m0/s1. The van der Waals surface area contributed by atoms with E-state index < -0.39 is 81.7 Å². The van der Waals surface area contributed by atoms with Gasteiger partial charge in [0, 0.05) is 75.3 Å². The number of anilines is 1. The molecule has 1 fully saturated rings. The van der Waals surface area contributed by atoms with Crippen LogP contribution >= 0.6 is 11.3 Å². The van der Waals surface area contributed by atoms with Crippen molar-refractivity contribution in [3.8, 4) is 5.75 Å². The fourth-order valence-electron chi connectivity index (χ4n) is 8.63. The van der Waals surface area contributed by atoms with Gasteiger partial charge in [-0.1, -0.05) is 53.5 Å². The van der Waals surface area contributed by atoms with Crippen LogP contribution in [0.2, 0.25) is 0 Å². The summed E-state index contributed by atoms with van der Waals surface area (Å²) in [5.41, 5.74) is 0.126. The van der Waals surface area contributed by atoms with Crippen molar-refractivity contribution in [3.63, 3.8) is 0 Å². The Morgan fingerprint density at radius 2 is 1.71 bits per heavy atom. The van der Waals surface area contributed by atoms with E-state index in [1.54, 1.807) is 11.9 Å². The van der Waals surface area contributed by atoms with Crippen LogP contribution in [0.3, 0.4) is 0 Å². The molecule has 0 spiro atoms. The average Bonchev–Trinajstić information content (AvgIpc) is 3.90. The van der Waals surface area contributed by atoms with Gasteiger partial charge < -0.3 is 29.6 Å². The van der Waals surface area contributed by atoms with Crippen molar-refractivity contribution in [2.45, 2.75) is 130 Å². The molecule has 1 saturated heterocycles. The number of rotatable bonds is 26. The number of carbonyl (C=O) groups excluding carboxylic acids is 7. The Labute approximate surface area is 407 Å². The number of hydrogen-bond donors (Lipinski definition) is 4. The Balaban J connectivity index is 1.54. The lowest BCUT2D eigenvalue weighted by molar-refractivity contribution is -0.150. The number of likely N-dealkylation sites (N-methyl/N-ethyl adjacent to an activating group) is 1. The summed E-state index contributed by atoms with van der Waals surface area (Å²) in [4.78, 5) is 112. The number of ketones is 1. The Hall–Kier alpha value is -5.58. The molecule has 0 bridgehead atoms. The first kappa shape index (κ1) is 56.0. The fraction of sp³-hybridized carbons (Fsp3) is 0.596. The van der Waals surface area contributed by atoms with E-state index in [-0.39, 0.29) is 91.0 Å². The second-order valence-corrected chi connectivity index (χ2v) is 20.2. The monoisotopic (exact) mass is 1000 g/mol. The average molecular weight is 1000 g/mol. The lowest BCUT2D eigenvalue weighted by atomic mass is 9.83. The number of carbonyl (C=O) groups is 8. The summed E-state index contributed by atoms with van der Waals surface area (Å²) in [5, 5.41) is 16.9. The Bertz CT molecular complexity index is 2330. The second-order valence-electron chi connectivity index (χ2n) is 18.3. The van der Waals surface area contributed by atoms with Gasteiger partial charge in [-0.2, -0.15) is 8.42 Å². The van der Waals surface area contributed by atoms with Gasteiger partial charge in [0.05, 0.1) is 17.6 Å². The SMILES string of the molecule is CC[C@H](C)[C@H](CC(=O)C1CCCCN1C)C(=O)N(C)[C@H](C[C@@H](OC(C)=O)c1nc(C(=O)N[C@@H](Cc2ccc(OS(=O)(=O)O)c(NC(=O)CCCN3C(=O)C=CC3=O)c2)CC(C)C(=O)O)cs1)C(C)C. The van der Waals surface area contributed by atoms with E-state index in [4.69, 9.17) is 4.74 Å². The minimum atomic E-state index is -5.06. The summed E-state index contributed by atoms with van der Waals surface area (Å²) in [6.45, 7) is 11.3. The molecule has 380 valence electrons. The van der Waals surface area contributed by atoms with Gasteiger partial charge in [0.2, 0.25) is 11.8 Å². The van der Waals surface area contributed by atoms with Gasteiger partial charge in [0.1, 0.15) is 10.7 Å². The van der Waals surface area contributed by atoms with Gasteiger partial charge in [-0.15, -0.1) is 11.3 Å². The molecule has 4 N–H and O–H groups in total. The number of Topliss-reactive ketones (excluding diaryl/α,β-unsaturated/α-hetero) is 1. The molecule has 7 atom stereocenters. The number of carboxylic acid groups (broad SMARTS) is 1. The third-order valence-corrected chi connectivity index (χ3v) is 14.0. The lowest BCUT2D eigenvalue weighted by Gasteiger charge is -2.37. The topological polar surface area (TPSA) is 276 Å². The zero-order valence-electron chi connectivity index (χ0n) is 40.5. The normalized spacial score (nSPS) is 17.9. The minimum absolute atomic E-state index is 0.0470. The summed E-state index contributed by atoms with van der Waals surface area (Å²) in [7, 11) is -1.42. The highest BCUT2D eigenvalue weighted by molar-refractivity contribution is 7.81. The number of carboxylic acids is 1. The molecule has 3 heterocycles. The number of aromatic nitrogens is 1. The quantitative estimate of drug-likeness (QED) is 0.0548. The van der Waals surface area contributed by atoms with E-state index in [0.717, 1.165) is 60.3 Å². The van der Waals surface area contributed by atoms with Gasteiger partial charge >= 0.3 is 22.3 Å². The molecular weight excluding hydrogens is 937 g/mol. The molecule has 2 aromatic rings. The molecule has 0 saturated carbocycles. The third-order valence-electron chi connectivity index (χ3n) is 12.7. The predicted octanol–water partition coefficient (Wildman–Crippen LogP) is 5.00. The molecule has 5 amide bonds. The predicted molar refractivity (Wildman–Crippen MR) is 254 cm³/mol. The van der Waals surface area contributed by atoms with Crippen molar-refractivity contribution >= 4 is 74.7 Å². The lowest BCUT2D eigenvalue weighted by Crippen LogP contribution is -2.48. The first-order chi connectivity index (χ1) is 32.4. The van der Waals surface area contributed by atoms with Crippen molar-refractivity contribution in [1.82, 2.24) is 25.0 Å². The highest BCUT2D eigenvalue weighted by atomic mass is 32.3. The number of nitrogens with zero attached hydrogens (tertiary/aromatic N) is 4. The van der Waals surface area contributed by atoms with E-state index >= 15 is 0 Å². The van der Waals surface area contributed by atoms with Crippen LogP contribution in [0.25, 0.3) is 0 Å². The zero-order valence-corrected chi connectivity index (χ0v) is 42.1. The van der Waals surface area contributed by atoms with Crippen LogP contribution in [0, 0.1) is 23.7 Å². The van der Waals surface area contributed by atoms with Crippen LogP contribution in [0.15, 0.2) is 35.7 Å². The van der Waals surface area contributed by atoms with E-state index in [0.29, 0.717) is 12.0 Å². The van der Waals surface area contributed by atoms with Gasteiger partial charge in [0.25, 0.3) is 17.7 Å². The smallest absolute Gasteiger partial charge is 0.446 e. The number of imide groups is 1. The van der Waals surface area contributed by atoms with Crippen LogP contribution in [-0.4, -0.2) is 130 Å². The molecule has 1 aromatic carbocycles. The molecule has 20 nitrogen and oxygen atoms in total. The highest BCUT2D eigenvalue weighted by Crippen LogP contribution is 2.34. The van der Waals surface area contributed by atoms with Crippen molar-refractivity contribution in [2.24, 2.45) is 23.7 Å². The van der Waals surface area contributed by atoms with Crippen molar-refractivity contribution in [3.05, 3.63) is 52.0 Å². The maximum Gasteiger partial charge on any atom is 0.446 e. The summed E-state index contributed by atoms with van der Waals surface area (Å²) in [6.07, 6.45) is 4.63. The first-order valence-corrected chi connectivity index (χ1v) is 25.4. The van der Waals surface area contributed by atoms with E-state index in [2.05, 4.69) is 24.7 Å². The van der Waals surface area contributed by atoms with Crippen LogP contribution in [-0.2, 0) is 55.1 Å². The Kier molecular flexibility index (Phi) is 20.6. The van der Waals surface area contributed by atoms with Crippen molar-refractivity contribution < 1.29 is 65.4 Å². The molecule has 0 aliphatic carbocycles. The number of amides is 5. The summed E-state index contributed by atoms with van der Waals surface area (Å²) in [5.74, 6) is -6.48. The first-order valence-electron chi connectivity index (χ1n) is 23.2. The number of thiazole rings is 1. The number of aliphatic carboxylic acids is 1. The van der Waals surface area contributed by atoms with Gasteiger partial charge in [-0.3, -0.25) is 52.7 Å². The summed E-state index contributed by atoms with van der Waals surface area (Å²) < 4.78 is 43.3. The molecule has 22 heteroatoms. The van der Waals surface area contributed by atoms with Crippen molar-refractivity contribution in [2.75, 3.05) is 32.5 Å². The number of nitrogens with one attached hydrogen (secondary N) is 2. The maximum atomic E-state index is 14.4. The number of hydrogen-bond acceptors (Lipinski definition) is 15. The van der Waals surface area contributed by atoms with Gasteiger partial charge in [-0.25, -0.2) is 4.98 Å². The molecular formula is C47H66N6O14S2. The van der Waals surface area contributed by atoms with Crippen LogP contribution in [0.5, 0.6) is 5.75 Å². The fourth-order valence-corrected chi connectivity index (χ4v) is 9.84. The number of likely N-dealkylation sites (tertiary alicyclic amines) is 1. The number of benzene rings is 1. The number of esters is 1. The molecule has 2 unspecified atom stereocenters. The molecule has 2 aliphatic rings. The maximum absolute atomic E-state index is 14.4. The third kappa shape index (κ3) is 16.5. The zero-order chi connectivity index (χ0) is 51.3. The molecule has 4 rings (SSSR count). The van der Waals surface area contributed by atoms with E-state index in [1.807, 2.05) is 34.7 Å². The van der Waals surface area contributed by atoms with E-state index in [9.17, 15) is 56.4 Å². The summed E-state index contributed by atoms with van der Waals surface area (Å²) >= 11 is 1.06. The Morgan fingerprint density at radius 1 is 1.03 bits per heavy atom. The van der Waals surface area contributed by atoms with E-state index in [1.165, 1.54) is 31.4 Å². The summed E-state index contributed by atoms with van der Waals surface area (Å²) in [6, 6.07) is 2.29. The minimum Gasteiger partial charge on any atom is -0.481 e. The van der Waals surface area contributed by atoms with Crippen LogP contribution < -0.4 is 14.8 Å². The molecule has 69 heavy (non-hydrogen) atoms. The Morgan fingerprint density at radius 3 is 2.30 bits per heavy atom. The number of ether oxygens (including phenoxy) is 1. The largest absolute Gasteiger partial charge is 0.481 e. The van der Waals surface area contributed by atoms with Crippen LogP contribution in [0.1, 0.15) is 126 Å². The van der Waals surface area contributed by atoms with Gasteiger partial charge in [-0.05, 0) is 75.2 Å². The molecule has 0 radical (unpaired) electrons. The molecule has 1 aromatic heterocycles. The highest BCUT2D eigenvalue weighted by Gasteiger charge is 2.38. The van der Waals surface area contributed by atoms with Crippen molar-refractivity contribution in [1.29, 1.82) is 0 Å². The van der Waals surface area contributed by atoms with Crippen LogP contribution in [0.4, 0.5) is 5.69 Å².